The third-order valence-corrected chi connectivity index (χ3v) is 5.50. The van der Waals surface area contributed by atoms with Crippen molar-refractivity contribution in [3.05, 3.63) is 58.7 Å². The minimum atomic E-state index is 0.132. The number of fused-ring (bicyclic) bond motifs is 1. The number of aromatic nitrogens is 2. The number of pyridine rings is 1. The number of amides is 1. The molecule has 0 spiro atoms. The summed E-state index contributed by atoms with van der Waals surface area (Å²) in [6, 6.07) is 10.6. The molecule has 3 aromatic rings. The van der Waals surface area contributed by atoms with Gasteiger partial charge >= 0.3 is 0 Å². The Balaban J connectivity index is 1.38. The Hall–Kier alpha value is -2.27. The van der Waals surface area contributed by atoms with Gasteiger partial charge in [-0.2, -0.15) is 0 Å². The highest BCUT2D eigenvalue weighted by molar-refractivity contribution is 7.11. The van der Waals surface area contributed by atoms with Crippen molar-refractivity contribution in [3.8, 4) is 0 Å². The van der Waals surface area contributed by atoms with Crippen LogP contribution in [0.3, 0.4) is 0 Å². The molecular formula is C19H19N3OS. The Morgan fingerprint density at radius 1 is 1.25 bits per heavy atom. The van der Waals surface area contributed by atoms with Crippen LogP contribution in [0.25, 0.3) is 10.9 Å². The molecule has 4 rings (SSSR count). The maximum atomic E-state index is 12.4. The fraction of sp³-hybridized carbons (Fsp3) is 0.316. The van der Waals surface area contributed by atoms with Gasteiger partial charge in [0.2, 0.25) is 0 Å². The first-order valence-corrected chi connectivity index (χ1v) is 9.19. The molecule has 4 nitrogen and oxygen atoms in total. The molecule has 1 fully saturated rings. The van der Waals surface area contributed by atoms with Gasteiger partial charge in [-0.1, -0.05) is 12.1 Å². The van der Waals surface area contributed by atoms with Crippen molar-refractivity contribution < 1.29 is 4.79 Å². The second-order valence-electron chi connectivity index (χ2n) is 6.34. The standard InChI is InChI=1S/C19H19N3OS/c23-19(18-12-20-13-24-18)22-8-5-14(6-9-22)10-15-3-4-17-16(11-15)2-1-7-21-17/h1-4,7,11-14H,5-6,8-10H2. The van der Waals surface area contributed by atoms with E-state index in [1.807, 2.05) is 17.2 Å². The molecule has 1 saturated heterocycles. The van der Waals surface area contributed by atoms with Gasteiger partial charge in [0.05, 0.1) is 17.2 Å². The Kier molecular flexibility index (Phi) is 4.26. The van der Waals surface area contributed by atoms with Crippen molar-refractivity contribution in [2.75, 3.05) is 13.1 Å². The van der Waals surface area contributed by atoms with Crippen LogP contribution < -0.4 is 0 Å². The fourth-order valence-electron chi connectivity index (χ4n) is 3.40. The van der Waals surface area contributed by atoms with E-state index >= 15 is 0 Å². The van der Waals surface area contributed by atoms with Crippen LogP contribution in [0.5, 0.6) is 0 Å². The molecular weight excluding hydrogens is 318 g/mol. The van der Waals surface area contributed by atoms with Gasteiger partial charge in [-0.15, -0.1) is 11.3 Å². The number of likely N-dealkylation sites (tertiary alicyclic amines) is 1. The molecule has 1 aliphatic heterocycles. The summed E-state index contributed by atoms with van der Waals surface area (Å²) in [4.78, 5) is 23.4. The lowest BCUT2D eigenvalue weighted by atomic mass is 9.89. The Labute approximate surface area is 145 Å². The zero-order valence-corrected chi connectivity index (χ0v) is 14.2. The van der Waals surface area contributed by atoms with Crippen molar-refractivity contribution in [3.63, 3.8) is 0 Å². The van der Waals surface area contributed by atoms with Crippen molar-refractivity contribution in [2.24, 2.45) is 5.92 Å². The lowest BCUT2D eigenvalue weighted by Crippen LogP contribution is -2.38. The highest BCUT2D eigenvalue weighted by atomic mass is 32.1. The second kappa shape index (κ2) is 6.69. The van der Waals surface area contributed by atoms with Gasteiger partial charge in [-0.3, -0.25) is 14.8 Å². The zero-order valence-electron chi connectivity index (χ0n) is 13.4. The van der Waals surface area contributed by atoms with Crippen molar-refractivity contribution in [2.45, 2.75) is 19.3 Å². The van der Waals surface area contributed by atoms with Gasteiger partial charge in [0, 0.05) is 24.7 Å². The average molecular weight is 337 g/mol. The minimum absolute atomic E-state index is 0.132. The number of thiazole rings is 1. The number of benzene rings is 1. The number of carbonyl (C=O) groups excluding carboxylic acids is 1. The van der Waals surface area contributed by atoms with Crippen molar-refractivity contribution in [1.82, 2.24) is 14.9 Å². The van der Waals surface area contributed by atoms with Crippen LogP contribution >= 0.6 is 11.3 Å². The second-order valence-corrected chi connectivity index (χ2v) is 7.22. The number of carbonyl (C=O) groups is 1. The third-order valence-electron chi connectivity index (χ3n) is 4.74. The summed E-state index contributed by atoms with van der Waals surface area (Å²) in [6.07, 6.45) is 6.71. The smallest absolute Gasteiger partial charge is 0.265 e. The van der Waals surface area contributed by atoms with Crippen LogP contribution in [-0.4, -0.2) is 33.9 Å². The molecule has 0 N–H and O–H groups in total. The van der Waals surface area contributed by atoms with Crippen LogP contribution in [0.4, 0.5) is 0 Å². The van der Waals surface area contributed by atoms with Gasteiger partial charge < -0.3 is 4.90 Å². The number of rotatable bonds is 3. The molecule has 0 unspecified atom stereocenters. The first-order chi connectivity index (χ1) is 11.8. The van der Waals surface area contributed by atoms with Crippen LogP contribution in [0, 0.1) is 5.92 Å². The topological polar surface area (TPSA) is 46.1 Å². The summed E-state index contributed by atoms with van der Waals surface area (Å²) < 4.78 is 0. The third kappa shape index (κ3) is 3.17. The summed E-state index contributed by atoms with van der Waals surface area (Å²) in [6.45, 7) is 1.69. The molecule has 122 valence electrons. The van der Waals surface area contributed by atoms with E-state index in [0.29, 0.717) is 5.92 Å². The predicted octanol–water partition coefficient (Wildman–Crippen LogP) is 3.79. The van der Waals surface area contributed by atoms with Crippen LogP contribution in [0.2, 0.25) is 0 Å². The summed E-state index contributed by atoms with van der Waals surface area (Å²) in [5, 5.41) is 1.20. The van der Waals surface area contributed by atoms with Crippen LogP contribution in [0.1, 0.15) is 28.1 Å². The van der Waals surface area contributed by atoms with E-state index < -0.39 is 0 Å². The molecule has 0 saturated carbocycles. The lowest BCUT2D eigenvalue weighted by molar-refractivity contribution is 0.0695. The first-order valence-electron chi connectivity index (χ1n) is 8.31. The van der Waals surface area contributed by atoms with E-state index in [-0.39, 0.29) is 5.91 Å². The van der Waals surface area contributed by atoms with Gasteiger partial charge in [0.1, 0.15) is 4.88 Å². The van der Waals surface area contributed by atoms with E-state index in [1.165, 1.54) is 22.3 Å². The van der Waals surface area contributed by atoms with Gasteiger partial charge in [-0.25, -0.2) is 0 Å². The normalized spacial score (nSPS) is 15.8. The summed E-state index contributed by atoms with van der Waals surface area (Å²) in [5.74, 6) is 0.775. The quantitative estimate of drug-likeness (QED) is 0.730. The van der Waals surface area contributed by atoms with E-state index in [2.05, 4.69) is 34.2 Å². The number of nitrogens with zero attached hydrogens (tertiary/aromatic N) is 3. The highest BCUT2D eigenvalue weighted by Gasteiger charge is 2.24. The SMILES string of the molecule is O=C(c1cncs1)N1CCC(Cc2ccc3ncccc3c2)CC1. The molecule has 1 amide bonds. The molecule has 0 radical (unpaired) electrons. The van der Waals surface area contributed by atoms with Crippen LogP contribution in [0.15, 0.2) is 48.2 Å². The monoisotopic (exact) mass is 337 g/mol. The minimum Gasteiger partial charge on any atom is -0.338 e. The molecule has 1 aromatic carbocycles. The summed E-state index contributed by atoms with van der Waals surface area (Å²) >= 11 is 1.42. The van der Waals surface area contributed by atoms with Crippen molar-refractivity contribution in [1.29, 1.82) is 0 Å². The zero-order chi connectivity index (χ0) is 16.4. The van der Waals surface area contributed by atoms with Gasteiger partial charge in [-0.05, 0) is 48.9 Å². The van der Waals surface area contributed by atoms with E-state index in [1.54, 1.807) is 11.7 Å². The molecule has 0 atom stereocenters. The Morgan fingerprint density at radius 3 is 2.92 bits per heavy atom. The summed E-state index contributed by atoms with van der Waals surface area (Å²) in [5.41, 5.74) is 4.13. The summed E-state index contributed by atoms with van der Waals surface area (Å²) in [7, 11) is 0. The molecule has 2 aromatic heterocycles. The van der Waals surface area contributed by atoms with E-state index in [0.717, 1.165) is 42.7 Å². The molecule has 5 heteroatoms. The van der Waals surface area contributed by atoms with Gasteiger partial charge in [0.25, 0.3) is 5.91 Å². The van der Waals surface area contributed by atoms with E-state index in [9.17, 15) is 4.79 Å². The molecule has 3 heterocycles. The van der Waals surface area contributed by atoms with E-state index in [4.69, 9.17) is 0 Å². The Bertz CT molecular complexity index is 839. The maximum absolute atomic E-state index is 12.4. The number of hydrogen-bond donors (Lipinski definition) is 0. The highest BCUT2D eigenvalue weighted by Crippen LogP contribution is 2.24. The molecule has 0 bridgehead atoms. The Morgan fingerprint density at radius 2 is 2.12 bits per heavy atom. The maximum Gasteiger partial charge on any atom is 0.265 e. The number of hydrogen-bond acceptors (Lipinski definition) is 4. The molecule has 0 aliphatic carbocycles. The van der Waals surface area contributed by atoms with Crippen LogP contribution in [-0.2, 0) is 6.42 Å². The predicted molar refractivity (Wildman–Crippen MR) is 96.2 cm³/mol. The molecule has 24 heavy (non-hydrogen) atoms. The average Bonchev–Trinajstić information content (AvgIpc) is 3.16. The van der Waals surface area contributed by atoms with Gasteiger partial charge in [0.15, 0.2) is 0 Å². The fourth-order valence-corrected chi connectivity index (χ4v) is 3.99. The largest absolute Gasteiger partial charge is 0.338 e. The molecule has 1 aliphatic rings. The first kappa shape index (κ1) is 15.3. The number of piperidine rings is 1. The lowest BCUT2D eigenvalue weighted by Gasteiger charge is -2.31. The van der Waals surface area contributed by atoms with Crippen molar-refractivity contribution >= 4 is 28.1 Å².